The molecule has 0 spiro atoms. The number of hydrogen-bond donors (Lipinski definition) is 1. The van der Waals surface area contributed by atoms with E-state index in [-0.39, 0.29) is 32.5 Å². The first-order chi connectivity index (χ1) is 14.9. The van der Waals surface area contributed by atoms with Crippen molar-refractivity contribution in [2.45, 2.75) is 142 Å². The van der Waals surface area contributed by atoms with Gasteiger partial charge < -0.3 is 5.32 Å². The van der Waals surface area contributed by atoms with Gasteiger partial charge in [0.15, 0.2) is 0 Å². The fourth-order valence-corrected chi connectivity index (χ4v) is 14.8. The minimum atomic E-state index is -0.336. The molecule has 0 amide bonds. The summed E-state index contributed by atoms with van der Waals surface area (Å²) >= 11 is -0.336. The first kappa shape index (κ1) is 34.5. The first-order valence-corrected chi connectivity index (χ1v) is 20.6. The summed E-state index contributed by atoms with van der Waals surface area (Å²) in [5.74, 6) is 0. The number of hydrogen-bond acceptors (Lipinski definition) is 1. The maximum absolute atomic E-state index is 5.88. The third kappa shape index (κ3) is 16.1. The van der Waals surface area contributed by atoms with Crippen LogP contribution in [-0.2, 0) is 16.7 Å². The molecule has 0 unspecified atom stereocenters. The molecule has 0 aromatic carbocycles. The third-order valence-corrected chi connectivity index (χ3v) is 17.1. The number of nitrogens with one attached hydrogen (secondary N) is 1. The van der Waals surface area contributed by atoms with Crippen molar-refractivity contribution in [3.05, 3.63) is 10.2 Å². The standard InChI is InChI=1S/C20H45NP2.C8H13.ClH.Ir.H/c1-17(2,3)22(18(4,5)6)15-13-21-14-16-23(19(7,8)9)20(10,11)12;1-2-4-6-8-7-5-3-1;;;/h21H,13-16H2,1-12H3;1H,2,4-8H2;1H;;/q;;;+1;/p-1. The second-order valence-electron chi connectivity index (χ2n) is 13.4. The fourth-order valence-electron chi connectivity index (χ4n) is 5.07. The molecule has 0 fully saturated rings. The Hall–Kier alpha value is 1.50. The molecular formula is C28H59ClIrNP2. The van der Waals surface area contributed by atoms with Gasteiger partial charge in [-0.3, -0.25) is 0 Å². The van der Waals surface area contributed by atoms with E-state index in [0.717, 1.165) is 0 Å². The van der Waals surface area contributed by atoms with Crippen LogP contribution in [0.2, 0.25) is 0 Å². The van der Waals surface area contributed by atoms with Gasteiger partial charge in [-0.25, -0.2) is 0 Å². The molecule has 0 heterocycles. The van der Waals surface area contributed by atoms with Crippen LogP contribution < -0.4 is 5.32 Å². The van der Waals surface area contributed by atoms with Crippen molar-refractivity contribution >= 4 is 25.4 Å². The van der Waals surface area contributed by atoms with Crippen LogP contribution in [0.25, 0.3) is 0 Å². The van der Waals surface area contributed by atoms with Crippen molar-refractivity contribution in [2.24, 2.45) is 0 Å². The zero-order chi connectivity index (χ0) is 25.9. The Kier molecular flexibility index (Phi) is 16.4. The Morgan fingerprint density at radius 1 is 0.697 bits per heavy atom. The molecule has 0 saturated heterocycles. The van der Waals surface area contributed by atoms with E-state index in [1.165, 1.54) is 63.9 Å². The third-order valence-electron chi connectivity index (χ3n) is 6.07. The van der Waals surface area contributed by atoms with Gasteiger partial charge in [-0.1, -0.05) is 98.9 Å². The topological polar surface area (TPSA) is 12.0 Å². The molecule has 1 nitrogen and oxygen atoms in total. The summed E-state index contributed by atoms with van der Waals surface area (Å²) in [6, 6.07) is 0. The second-order valence-corrected chi connectivity index (χ2v) is 24.6. The van der Waals surface area contributed by atoms with Crippen LogP contribution >= 0.6 is 25.4 Å². The SMILES string of the molecule is CC(C)(C)P(CCNCCP(C(C)(C)C)C(C)(C)C)C(C)(C)C.[Cl][IrH]/[C]1=C/CCCCCC1. The van der Waals surface area contributed by atoms with Crippen LogP contribution in [-0.4, -0.2) is 46.0 Å². The summed E-state index contributed by atoms with van der Waals surface area (Å²) in [6.45, 7) is 31.4. The van der Waals surface area contributed by atoms with Crippen LogP contribution in [0, 0.1) is 0 Å². The van der Waals surface area contributed by atoms with Gasteiger partial charge in [-0.05, 0) is 46.0 Å². The molecule has 0 bridgehead atoms. The fraction of sp³-hybridized carbons (Fsp3) is 0.929. The van der Waals surface area contributed by atoms with Gasteiger partial charge in [-0.15, -0.1) is 0 Å². The monoisotopic (exact) mass is 699 g/mol. The van der Waals surface area contributed by atoms with E-state index in [0.29, 0.717) is 20.6 Å². The molecule has 1 N–H and O–H groups in total. The Balaban J connectivity index is 0.000000843. The summed E-state index contributed by atoms with van der Waals surface area (Å²) in [5.41, 5.74) is 0. The normalized spacial score (nSPS) is 18.5. The molecule has 0 aromatic rings. The first-order valence-electron chi connectivity index (χ1n) is 13.1. The molecular weight excluding hydrogens is 640 g/mol. The maximum atomic E-state index is 5.88. The quantitative estimate of drug-likeness (QED) is 0.206. The molecule has 1 aliphatic rings. The van der Waals surface area contributed by atoms with Crippen molar-refractivity contribution in [1.29, 1.82) is 0 Å². The Bertz CT molecular complexity index is 488. The molecule has 0 radical (unpaired) electrons. The van der Waals surface area contributed by atoms with E-state index in [1.54, 1.807) is 4.09 Å². The number of halogens is 1. The molecule has 0 aromatic heterocycles. The second kappa shape index (κ2) is 15.7. The van der Waals surface area contributed by atoms with Crippen molar-refractivity contribution < 1.29 is 16.7 Å². The van der Waals surface area contributed by atoms with E-state index < -0.39 is 0 Å². The van der Waals surface area contributed by atoms with Crippen LogP contribution in [0.5, 0.6) is 0 Å². The van der Waals surface area contributed by atoms with Gasteiger partial charge in [-0.2, -0.15) is 0 Å². The minimum absolute atomic E-state index is 0.0229. The average molecular weight is 699 g/mol. The summed E-state index contributed by atoms with van der Waals surface area (Å²) in [4.78, 5) is 0. The Labute approximate surface area is 224 Å². The molecule has 0 atom stereocenters. The van der Waals surface area contributed by atoms with Crippen LogP contribution in [0.4, 0.5) is 0 Å². The van der Waals surface area contributed by atoms with E-state index in [1.807, 2.05) is 0 Å². The molecule has 5 heteroatoms. The van der Waals surface area contributed by atoms with Crippen molar-refractivity contribution in [3.63, 3.8) is 0 Å². The molecule has 33 heavy (non-hydrogen) atoms. The summed E-state index contributed by atoms with van der Waals surface area (Å²) in [5, 5.41) is 5.54. The number of rotatable bonds is 7. The van der Waals surface area contributed by atoms with Gasteiger partial charge in [0.1, 0.15) is 0 Å². The predicted molar refractivity (Wildman–Crippen MR) is 158 cm³/mol. The van der Waals surface area contributed by atoms with Gasteiger partial charge in [0, 0.05) is 0 Å². The van der Waals surface area contributed by atoms with Crippen molar-refractivity contribution in [2.75, 3.05) is 25.4 Å². The van der Waals surface area contributed by atoms with E-state index in [9.17, 15) is 0 Å². The predicted octanol–water partition coefficient (Wildman–Crippen LogP) is 9.93. The van der Waals surface area contributed by atoms with Gasteiger partial charge in [0.05, 0.1) is 0 Å². The molecule has 0 saturated carbocycles. The van der Waals surface area contributed by atoms with Gasteiger partial charge in [0.2, 0.25) is 0 Å². The average Bonchev–Trinajstić information content (AvgIpc) is 2.56. The van der Waals surface area contributed by atoms with Crippen LogP contribution in [0.1, 0.15) is 122 Å². The zero-order valence-electron chi connectivity index (χ0n) is 24.3. The van der Waals surface area contributed by atoms with E-state index in [2.05, 4.69) is 94.5 Å². The van der Waals surface area contributed by atoms with Crippen LogP contribution in [0.3, 0.4) is 0 Å². The molecule has 1 rings (SSSR count). The Morgan fingerprint density at radius 2 is 1.09 bits per heavy atom. The van der Waals surface area contributed by atoms with Crippen LogP contribution in [0.15, 0.2) is 10.2 Å². The molecule has 202 valence electrons. The molecule has 1 aliphatic carbocycles. The summed E-state index contributed by atoms with van der Waals surface area (Å²) in [7, 11) is 5.92. The van der Waals surface area contributed by atoms with Crippen molar-refractivity contribution in [3.8, 4) is 0 Å². The summed E-state index contributed by atoms with van der Waals surface area (Å²) in [6.07, 6.45) is 13.3. The summed E-state index contributed by atoms with van der Waals surface area (Å²) < 4.78 is 1.60. The molecule has 0 aliphatic heterocycles. The van der Waals surface area contributed by atoms with E-state index in [4.69, 9.17) is 9.58 Å². The van der Waals surface area contributed by atoms with Gasteiger partial charge >= 0.3 is 75.0 Å². The zero-order valence-corrected chi connectivity index (χ0v) is 29.4. The van der Waals surface area contributed by atoms with E-state index >= 15 is 0 Å². The van der Waals surface area contributed by atoms with Gasteiger partial charge in [0.25, 0.3) is 0 Å². The van der Waals surface area contributed by atoms with Crippen molar-refractivity contribution in [1.82, 2.24) is 5.32 Å². The Morgan fingerprint density at radius 3 is 1.45 bits per heavy atom. The number of allylic oxidation sites excluding steroid dienone is 2.